The largest absolute Gasteiger partial charge is 0.316 e. The van der Waals surface area contributed by atoms with Crippen molar-refractivity contribution in [2.24, 2.45) is 5.73 Å². The minimum atomic E-state index is -0.352. The Hall–Kier alpha value is -1.19. The van der Waals surface area contributed by atoms with Crippen molar-refractivity contribution in [3.8, 4) is 0 Å². The molecule has 3 rings (SSSR count). The van der Waals surface area contributed by atoms with Crippen LogP contribution in [0.2, 0.25) is 0 Å². The monoisotopic (exact) mass is 230 g/mol. The van der Waals surface area contributed by atoms with Crippen LogP contribution in [0, 0.1) is 6.92 Å². The van der Waals surface area contributed by atoms with E-state index in [1.807, 2.05) is 6.20 Å². The number of fused-ring (bicyclic) bond motifs is 1. The first kappa shape index (κ1) is 10.00. The Morgan fingerprint density at radius 3 is 2.94 bits per heavy atom. The number of aryl methyl sites for hydroxylation is 2. The van der Waals surface area contributed by atoms with E-state index in [1.54, 1.807) is 11.3 Å². The summed E-state index contributed by atoms with van der Waals surface area (Å²) >= 11 is 1.71. The first-order valence-electron chi connectivity index (χ1n) is 5.50. The summed E-state index contributed by atoms with van der Waals surface area (Å²) in [5.74, 6) is 0. The van der Waals surface area contributed by atoms with Crippen LogP contribution in [-0.2, 0) is 12.0 Å². The summed E-state index contributed by atoms with van der Waals surface area (Å²) in [6.45, 7) is 2.07. The fourth-order valence-corrected chi connectivity index (χ4v) is 3.33. The Balaban J connectivity index is 2.14. The first-order chi connectivity index (χ1) is 7.70. The summed E-state index contributed by atoms with van der Waals surface area (Å²) in [7, 11) is 0. The third-order valence-corrected chi connectivity index (χ3v) is 4.38. The highest BCUT2D eigenvalue weighted by Gasteiger charge is 2.38. The molecule has 0 spiro atoms. The maximum Gasteiger partial charge on any atom is 0.117 e. The smallest absolute Gasteiger partial charge is 0.117 e. The molecule has 2 aromatic rings. The van der Waals surface area contributed by atoms with Crippen molar-refractivity contribution in [3.63, 3.8) is 0 Å². The van der Waals surface area contributed by atoms with Gasteiger partial charge < -0.3 is 5.73 Å². The highest BCUT2D eigenvalue weighted by Crippen LogP contribution is 2.41. The van der Waals surface area contributed by atoms with Crippen molar-refractivity contribution in [3.05, 3.63) is 51.5 Å². The number of benzene rings is 1. The van der Waals surface area contributed by atoms with Gasteiger partial charge in [-0.25, -0.2) is 4.98 Å². The predicted octanol–water partition coefficient (Wildman–Crippen LogP) is 2.60. The van der Waals surface area contributed by atoms with Gasteiger partial charge in [0, 0.05) is 11.1 Å². The lowest BCUT2D eigenvalue weighted by atomic mass is 9.94. The molecule has 0 saturated heterocycles. The summed E-state index contributed by atoms with van der Waals surface area (Å²) in [5, 5.41) is 1.05. The van der Waals surface area contributed by atoms with Gasteiger partial charge in [0.15, 0.2) is 0 Å². The molecule has 1 aliphatic carbocycles. The fraction of sp³-hybridized carbons (Fsp3) is 0.308. The molecule has 0 fully saturated rings. The summed E-state index contributed by atoms with van der Waals surface area (Å²) < 4.78 is 0. The van der Waals surface area contributed by atoms with Gasteiger partial charge in [-0.15, -0.1) is 11.3 Å². The van der Waals surface area contributed by atoms with Crippen LogP contribution < -0.4 is 5.73 Å². The normalized spacial score (nSPS) is 23.4. The number of nitrogens with two attached hydrogens (primary N) is 1. The molecule has 0 saturated carbocycles. The van der Waals surface area contributed by atoms with Crippen LogP contribution in [0.25, 0.3) is 0 Å². The Bertz CT molecular complexity index is 532. The maximum atomic E-state index is 6.55. The molecule has 16 heavy (non-hydrogen) atoms. The fourth-order valence-electron chi connectivity index (χ4n) is 2.42. The summed E-state index contributed by atoms with van der Waals surface area (Å²) in [6, 6.07) is 8.45. The zero-order chi connectivity index (χ0) is 11.2. The van der Waals surface area contributed by atoms with Crippen molar-refractivity contribution >= 4 is 11.3 Å². The second-order valence-electron chi connectivity index (χ2n) is 4.40. The van der Waals surface area contributed by atoms with Gasteiger partial charge in [0.25, 0.3) is 0 Å². The second-order valence-corrected chi connectivity index (χ2v) is 5.64. The van der Waals surface area contributed by atoms with Gasteiger partial charge in [-0.05, 0) is 30.9 Å². The Labute approximate surface area is 99.1 Å². The number of rotatable bonds is 1. The molecule has 1 atom stereocenters. The Morgan fingerprint density at radius 1 is 1.38 bits per heavy atom. The van der Waals surface area contributed by atoms with Crippen LogP contribution in [0.3, 0.4) is 0 Å². The van der Waals surface area contributed by atoms with Crippen LogP contribution in [0.1, 0.15) is 27.4 Å². The van der Waals surface area contributed by atoms with Crippen molar-refractivity contribution < 1.29 is 0 Å². The molecule has 82 valence electrons. The SMILES string of the molecule is Cc1cnc(C2(N)CCc3ccccc32)s1. The van der Waals surface area contributed by atoms with E-state index in [1.165, 1.54) is 16.0 Å². The van der Waals surface area contributed by atoms with E-state index in [0.717, 1.165) is 17.8 Å². The highest BCUT2D eigenvalue weighted by molar-refractivity contribution is 7.11. The molecule has 1 unspecified atom stereocenters. The van der Waals surface area contributed by atoms with Crippen LogP contribution in [0.4, 0.5) is 0 Å². The quantitative estimate of drug-likeness (QED) is 0.818. The van der Waals surface area contributed by atoms with Gasteiger partial charge in [0.05, 0.1) is 5.54 Å². The van der Waals surface area contributed by atoms with E-state index in [0.29, 0.717) is 0 Å². The zero-order valence-electron chi connectivity index (χ0n) is 9.23. The third-order valence-electron chi connectivity index (χ3n) is 3.29. The molecule has 1 aromatic heterocycles. The van der Waals surface area contributed by atoms with Gasteiger partial charge in [-0.3, -0.25) is 0 Å². The van der Waals surface area contributed by atoms with Gasteiger partial charge in [-0.1, -0.05) is 24.3 Å². The van der Waals surface area contributed by atoms with Crippen molar-refractivity contribution in [2.75, 3.05) is 0 Å². The molecular weight excluding hydrogens is 216 g/mol. The minimum absolute atomic E-state index is 0.352. The minimum Gasteiger partial charge on any atom is -0.316 e. The van der Waals surface area contributed by atoms with E-state index in [-0.39, 0.29) is 5.54 Å². The molecule has 1 aromatic carbocycles. The van der Waals surface area contributed by atoms with Crippen LogP contribution in [0.5, 0.6) is 0 Å². The predicted molar refractivity (Wildman–Crippen MR) is 66.6 cm³/mol. The molecule has 0 bridgehead atoms. The van der Waals surface area contributed by atoms with E-state index in [4.69, 9.17) is 5.73 Å². The van der Waals surface area contributed by atoms with E-state index >= 15 is 0 Å². The summed E-state index contributed by atoms with van der Waals surface area (Å²) in [5.41, 5.74) is 8.83. The molecule has 3 heteroatoms. The molecule has 1 aliphatic rings. The van der Waals surface area contributed by atoms with E-state index < -0.39 is 0 Å². The van der Waals surface area contributed by atoms with Gasteiger partial charge in [0.2, 0.25) is 0 Å². The van der Waals surface area contributed by atoms with Crippen LogP contribution in [0.15, 0.2) is 30.5 Å². The number of nitrogens with zero attached hydrogens (tertiary/aromatic N) is 1. The number of hydrogen-bond acceptors (Lipinski definition) is 3. The lowest BCUT2D eigenvalue weighted by Gasteiger charge is -2.22. The summed E-state index contributed by atoms with van der Waals surface area (Å²) in [4.78, 5) is 5.69. The molecule has 2 N–H and O–H groups in total. The second kappa shape index (κ2) is 3.40. The molecule has 0 aliphatic heterocycles. The summed E-state index contributed by atoms with van der Waals surface area (Å²) in [6.07, 6.45) is 3.94. The van der Waals surface area contributed by atoms with Crippen molar-refractivity contribution in [1.82, 2.24) is 4.98 Å². The molecule has 2 nitrogen and oxygen atoms in total. The Morgan fingerprint density at radius 2 is 2.19 bits per heavy atom. The highest BCUT2D eigenvalue weighted by atomic mass is 32.1. The number of aromatic nitrogens is 1. The number of hydrogen-bond donors (Lipinski definition) is 1. The van der Waals surface area contributed by atoms with Gasteiger partial charge in [0.1, 0.15) is 5.01 Å². The van der Waals surface area contributed by atoms with E-state index in [2.05, 4.69) is 36.2 Å². The third kappa shape index (κ3) is 1.32. The average molecular weight is 230 g/mol. The average Bonchev–Trinajstić information content (AvgIpc) is 2.86. The van der Waals surface area contributed by atoms with E-state index in [9.17, 15) is 0 Å². The van der Waals surface area contributed by atoms with Crippen molar-refractivity contribution in [1.29, 1.82) is 0 Å². The molecule has 1 heterocycles. The zero-order valence-corrected chi connectivity index (χ0v) is 10.1. The lowest BCUT2D eigenvalue weighted by Crippen LogP contribution is -2.35. The molecular formula is C13H14N2S. The van der Waals surface area contributed by atoms with Gasteiger partial charge >= 0.3 is 0 Å². The standard InChI is InChI=1S/C13H14N2S/c1-9-8-15-12(16-9)13(14)7-6-10-4-2-3-5-11(10)13/h2-5,8H,6-7,14H2,1H3. The lowest BCUT2D eigenvalue weighted by molar-refractivity contribution is 0.531. The number of thiazole rings is 1. The van der Waals surface area contributed by atoms with Gasteiger partial charge in [-0.2, -0.15) is 0 Å². The van der Waals surface area contributed by atoms with Crippen molar-refractivity contribution in [2.45, 2.75) is 25.3 Å². The molecule has 0 radical (unpaired) electrons. The van der Waals surface area contributed by atoms with Crippen LogP contribution in [-0.4, -0.2) is 4.98 Å². The molecule has 0 amide bonds. The Kier molecular flexibility index (Phi) is 2.13. The topological polar surface area (TPSA) is 38.9 Å². The maximum absolute atomic E-state index is 6.55. The first-order valence-corrected chi connectivity index (χ1v) is 6.32. The van der Waals surface area contributed by atoms with Crippen LogP contribution >= 0.6 is 11.3 Å².